The lowest BCUT2D eigenvalue weighted by Gasteiger charge is -2.21. The van der Waals surface area contributed by atoms with E-state index in [4.69, 9.17) is 0 Å². The van der Waals surface area contributed by atoms with Gasteiger partial charge in [0.05, 0.1) is 0 Å². The first-order valence-corrected chi connectivity index (χ1v) is 7.53. The molecule has 1 N–H and O–H groups in total. The third-order valence-electron chi connectivity index (χ3n) is 2.99. The summed E-state index contributed by atoms with van der Waals surface area (Å²) in [5.41, 5.74) is 0. The van der Waals surface area contributed by atoms with Crippen LogP contribution in [0.3, 0.4) is 0 Å². The fourth-order valence-corrected chi connectivity index (χ4v) is 4.55. The summed E-state index contributed by atoms with van der Waals surface area (Å²) in [6.45, 7) is 2.36. The highest BCUT2D eigenvalue weighted by atomic mass is 32.2. The van der Waals surface area contributed by atoms with E-state index >= 15 is 0 Å². The van der Waals surface area contributed by atoms with Crippen LogP contribution in [0, 0.1) is 0 Å². The molecule has 1 aliphatic rings. The molecule has 3 heteroatoms. The number of nitrogens with one attached hydrogen (secondary N) is 1. The standard InChI is InChI=1S/C13H15NS2/c1-2-6-12-11(5-1)13(9-15-12)16-10-4-3-7-14-8-10/h1-2,5-6,9-10,14H,3-4,7-8H2. The molecule has 1 aromatic heterocycles. The molecule has 2 heterocycles. The Balaban J connectivity index is 1.83. The molecule has 0 bridgehead atoms. The van der Waals surface area contributed by atoms with Gasteiger partial charge in [-0.2, -0.15) is 0 Å². The molecule has 1 fully saturated rings. The molecule has 1 unspecified atom stereocenters. The van der Waals surface area contributed by atoms with E-state index in [1.54, 1.807) is 0 Å². The van der Waals surface area contributed by atoms with Crippen molar-refractivity contribution in [2.75, 3.05) is 13.1 Å². The van der Waals surface area contributed by atoms with Gasteiger partial charge < -0.3 is 5.32 Å². The molecule has 0 aliphatic carbocycles. The number of piperidine rings is 1. The Labute approximate surface area is 104 Å². The molecule has 0 amide bonds. The van der Waals surface area contributed by atoms with E-state index in [0.717, 1.165) is 11.8 Å². The molecular formula is C13H15NS2. The van der Waals surface area contributed by atoms with Gasteiger partial charge in [-0.1, -0.05) is 18.2 Å². The fraction of sp³-hybridized carbons (Fsp3) is 0.385. The Hall–Kier alpha value is -0.510. The Kier molecular flexibility index (Phi) is 3.18. The smallest absolute Gasteiger partial charge is 0.0354 e. The summed E-state index contributed by atoms with van der Waals surface area (Å²) in [6, 6.07) is 8.71. The van der Waals surface area contributed by atoms with Crippen molar-refractivity contribution in [1.29, 1.82) is 0 Å². The van der Waals surface area contributed by atoms with E-state index in [-0.39, 0.29) is 0 Å². The molecular weight excluding hydrogens is 234 g/mol. The van der Waals surface area contributed by atoms with Crippen LogP contribution in [0.2, 0.25) is 0 Å². The number of benzene rings is 1. The van der Waals surface area contributed by atoms with Gasteiger partial charge >= 0.3 is 0 Å². The second-order valence-corrected chi connectivity index (χ2v) is 6.44. The molecule has 3 rings (SSSR count). The van der Waals surface area contributed by atoms with Crippen molar-refractivity contribution >= 4 is 33.2 Å². The number of thioether (sulfide) groups is 1. The zero-order chi connectivity index (χ0) is 10.8. The zero-order valence-corrected chi connectivity index (χ0v) is 10.7. The molecule has 1 atom stereocenters. The minimum absolute atomic E-state index is 0.756. The number of thiophene rings is 1. The quantitative estimate of drug-likeness (QED) is 0.870. The Morgan fingerprint density at radius 1 is 1.31 bits per heavy atom. The fourth-order valence-electron chi connectivity index (χ4n) is 2.14. The number of hydrogen-bond donors (Lipinski definition) is 1. The van der Waals surface area contributed by atoms with Crippen LogP contribution in [0.25, 0.3) is 10.1 Å². The largest absolute Gasteiger partial charge is 0.316 e. The molecule has 0 spiro atoms. The van der Waals surface area contributed by atoms with E-state index in [0.29, 0.717) is 0 Å². The second kappa shape index (κ2) is 4.78. The summed E-state index contributed by atoms with van der Waals surface area (Å²) in [5, 5.41) is 7.98. The zero-order valence-electron chi connectivity index (χ0n) is 9.11. The summed E-state index contributed by atoms with van der Waals surface area (Å²) >= 11 is 3.91. The molecule has 1 nitrogen and oxygen atoms in total. The average Bonchev–Trinajstić information content (AvgIpc) is 2.74. The van der Waals surface area contributed by atoms with Crippen LogP contribution in [0.1, 0.15) is 12.8 Å². The number of hydrogen-bond acceptors (Lipinski definition) is 3. The lowest BCUT2D eigenvalue weighted by atomic mass is 10.2. The Bertz CT molecular complexity index is 471. The summed E-state index contributed by atoms with van der Waals surface area (Å²) in [6.07, 6.45) is 2.67. The highest BCUT2D eigenvalue weighted by Gasteiger charge is 2.15. The maximum atomic E-state index is 3.48. The summed E-state index contributed by atoms with van der Waals surface area (Å²) in [7, 11) is 0. The van der Waals surface area contributed by atoms with Gasteiger partial charge in [0.1, 0.15) is 0 Å². The van der Waals surface area contributed by atoms with Gasteiger partial charge in [0.25, 0.3) is 0 Å². The normalized spacial score (nSPS) is 21.4. The molecule has 0 radical (unpaired) electrons. The highest BCUT2D eigenvalue weighted by Crippen LogP contribution is 2.36. The molecule has 0 saturated carbocycles. The summed E-state index contributed by atoms with van der Waals surface area (Å²) in [5.74, 6) is 0. The first kappa shape index (κ1) is 10.6. The van der Waals surface area contributed by atoms with E-state index in [1.807, 2.05) is 23.1 Å². The van der Waals surface area contributed by atoms with Gasteiger partial charge in [-0.05, 0) is 25.5 Å². The molecule has 16 heavy (non-hydrogen) atoms. The van der Waals surface area contributed by atoms with Gasteiger partial charge in [0, 0.05) is 32.2 Å². The van der Waals surface area contributed by atoms with Gasteiger partial charge in [-0.15, -0.1) is 23.1 Å². The van der Waals surface area contributed by atoms with Crippen LogP contribution in [0.5, 0.6) is 0 Å². The van der Waals surface area contributed by atoms with Crippen molar-refractivity contribution in [3.8, 4) is 0 Å². The third-order valence-corrected chi connectivity index (χ3v) is 5.43. The van der Waals surface area contributed by atoms with Crippen molar-refractivity contribution in [2.24, 2.45) is 0 Å². The number of rotatable bonds is 2. The maximum absolute atomic E-state index is 3.48. The van der Waals surface area contributed by atoms with Crippen molar-refractivity contribution < 1.29 is 0 Å². The van der Waals surface area contributed by atoms with Crippen LogP contribution in [-0.4, -0.2) is 18.3 Å². The monoisotopic (exact) mass is 249 g/mol. The van der Waals surface area contributed by atoms with Gasteiger partial charge in [-0.25, -0.2) is 0 Å². The Morgan fingerprint density at radius 3 is 3.12 bits per heavy atom. The van der Waals surface area contributed by atoms with Gasteiger partial charge in [0.2, 0.25) is 0 Å². The first-order chi connectivity index (χ1) is 7.93. The van der Waals surface area contributed by atoms with Crippen LogP contribution >= 0.6 is 23.1 Å². The van der Waals surface area contributed by atoms with Crippen LogP contribution < -0.4 is 5.32 Å². The van der Waals surface area contributed by atoms with Crippen molar-refractivity contribution in [3.63, 3.8) is 0 Å². The first-order valence-electron chi connectivity index (χ1n) is 5.77. The lowest BCUT2D eigenvalue weighted by Crippen LogP contribution is -2.31. The third kappa shape index (κ3) is 2.12. The second-order valence-electron chi connectivity index (χ2n) is 4.18. The maximum Gasteiger partial charge on any atom is 0.0354 e. The lowest BCUT2D eigenvalue weighted by molar-refractivity contribution is 0.531. The predicted molar refractivity (Wildman–Crippen MR) is 73.6 cm³/mol. The predicted octanol–water partition coefficient (Wildman–Crippen LogP) is 3.75. The van der Waals surface area contributed by atoms with Crippen LogP contribution in [-0.2, 0) is 0 Å². The van der Waals surface area contributed by atoms with Crippen molar-refractivity contribution in [1.82, 2.24) is 5.32 Å². The molecule has 84 valence electrons. The summed E-state index contributed by atoms with van der Waals surface area (Å²) in [4.78, 5) is 1.47. The van der Waals surface area contributed by atoms with Crippen LogP contribution in [0.15, 0.2) is 34.5 Å². The molecule has 1 saturated heterocycles. The number of fused-ring (bicyclic) bond motifs is 1. The molecule has 1 aliphatic heterocycles. The van der Waals surface area contributed by atoms with Crippen molar-refractivity contribution in [3.05, 3.63) is 29.6 Å². The SMILES string of the molecule is c1ccc2c(SC3CCCNC3)csc2c1. The molecule has 2 aromatic rings. The average molecular weight is 249 g/mol. The van der Waals surface area contributed by atoms with E-state index < -0.39 is 0 Å². The van der Waals surface area contributed by atoms with E-state index in [9.17, 15) is 0 Å². The van der Waals surface area contributed by atoms with Crippen molar-refractivity contribution in [2.45, 2.75) is 23.0 Å². The van der Waals surface area contributed by atoms with E-state index in [2.05, 4.69) is 35.0 Å². The van der Waals surface area contributed by atoms with Gasteiger partial charge in [0.15, 0.2) is 0 Å². The topological polar surface area (TPSA) is 12.0 Å². The molecule has 1 aromatic carbocycles. The van der Waals surface area contributed by atoms with Gasteiger partial charge in [-0.3, -0.25) is 0 Å². The minimum Gasteiger partial charge on any atom is -0.316 e. The van der Waals surface area contributed by atoms with E-state index in [1.165, 1.54) is 34.4 Å². The highest BCUT2D eigenvalue weighted by molar-refractivity contribution is 8.00. The summed E-state index contributed by atoms with van der Waals surface area (Å²) < 4.78 is 1.41. The minimum atomic E-state index is 0.756. The van der Waals surface area contributed by atoms with Crippen LogP contribution in [0.4, 0.5) is 0 Å². The Morgan fingerprint density at radius 2 is 2.25 bits per heavy atom.